The Balaban J connectivity index is 2.19. The zero-order valence-electron chi connectivity index (χ0n) is 9.47. The molecule has 0 radical (unpaired) electrons. The number of halogens is 2. The van der Waals surface area contributed by atoms with E-state index in [1.807, 2.05) is 0 Å². The molecule has 1 aliphatic carbocycles. The summed E-state index contributed by atoms with van der Waals surface area (Å²) in [6.45, 7) is 3.08. The molecule has 1 nitrogen and oxygen atoms in total. The minimum Gasteiger partial charge on any atom is -0.310 e. The summed E-state index contributed by atoms with van der Waals surface area (Å²) in [5.74, 6) is 0.425. The molecule has 0 amide bonds. The van der Waals surface area contributed by atoms with Crippen LogP contribution < -0.4 is 5.32 Å². The number of benzene rings is 1. The molecule has 16 heavy (non-hydrogen) atoms. The van der Waals surface area contributed by atoms with Crippen molar-refractivity contribution in [3.8, 4) is 0 Å². The van der Waals surface area contributed by atoms with Gasteiger partial charge in [-0.1, -0.05) is 18.5 Å². The van der Waals surface area contributed by atoms with E-state index in [2.05, 4.69) is 12.2 Å². The predicted octanol–water partition coefficient (Wildman–Crippen LogP) is 3.93. The Morgan fingerprint density at radius 3 is 2.88 bits per heavy atom. The van der Waals surface area contributed by atoms with E-state index in [1.54, 1.807) is 12.1 Å². The minimum absolute atomic E-state index is 0.205. The standard InChI is InChI=1S/C13H17ClFN/c1-2-7-16-13(9-3-4-9)11-8-10(15)5-6-12(11)14/h5-6,8-9,13,16H,2-4,7H2,1H3. The fourth-order valence-corrected chi connectivity index (χ4v) is 2.25. The Hall–Kier alpha value is -0.600. The molecule has 1 N–H and O–H groups in total. The van der Waals surface area contributed by atoms with Crippen LogP contribution in [0.4, 0.5) is 4.39 Å². The van der Waals surface area contributed by atoms with Crippen LogP contribution in [-0.2, 0) is 0 Å². The van der Waals surface area contributed by atoms with Gasteiger partial charge in [0.25, 0.3) is 0 Å². The average Bonchev–Trinajstić information content (AvgIpc) is 3.08. The van der Waals surface area contributed by atoms with Crippen molar-refractivity contribution in [3.63, 3.8) is 0 Å². The topological polar surface area (TPSA) is 12.0 Å². The largest absolute Gasteiger partial charge is 0.310 e. The van der Waals surface area contributed by atoms with Crippen LogP contribution in [0, 0.1) is 11.7 Å². The molecule has 0 aliphatic heterocycles. The Labute approximate surface area is 101 Å². The number of nitrogens with one attached hydrogen (secondary N) is 1. The lowest BCUT2D eigenvalue weighted by atomic mass is 10.0. The SMILES string of the molecule is CCCNC(c1cc(F)ccc1Cl)C1CC1. The van der Waals surface area contributed by atoms with Gasteiger partial charge in [0.2, 0.25) is 0 Å². The molecule has 0 spiro atoms. The normalized spacial score (nSPS) is 17.4. The highest BCUT2D eigenvalue weighted by Gasteiger charge is 2.33. The summed E-state index contributed by atoms with van der Waals surface area (Å²) in [4.78, 5) is 0. The molecule has 1 unspecified atom stereocenters. The van der Waals surface area contributed by atoms with Crippen LogP contribution in [0.15, 0.2) is 18.2 Å². The van der Waals surface area contributed by atoms with E-state index in [0.29, 0.717) is 10.9 Å². The highest BCUT2D eigenvalue weighted by atomic mass is 35.5. The highest BCUT2D eigenvalue weighted by molar-refractivity contribution is 6.31. The first-order valence-corrected chi connectivity index (χ1v) is 6.28. The average molecular weight is 242 g/mol. The molecular weight excluding hydrogens is 225 g/mol. The maximum atomic E-state index is 13.2. The van der Waals surface area contributed by atoms with Crippen LogP contribution in [0.3, 0.4) is 0 Å². The summed E-state index contributed by atoms with van der Waals surface area (Å²) < 4.78 is 13.2. The molecule has 3 heteroatoms. The zero-order valence-corrected chi connectivity index (χ0v) is 10.2. The molecule has 1 aromatic rings. The molecule has 88 valence electrons. The third kappa shape index (κ3) is 2.74. The molecule has 0 aromatic heterocycles. The lowest BCUT2D eigenvalue weighted by Gasteiger charge is -2.19. The van der Waals surface area contributed by atoms with E-state index in [1.165, 1.54) is 18.9 Å². The minimum atomic E-state index is -0.205. The van der Waals surface area contributed by atoms with Crippen molar-refractivity contribution in [2.75, 3.05) is 6.54 Å². The summed E-state index contributed by atoms with van der Waals surface area (Å²) in [5, 5.41) is 4.13. The van der Waals surface area contributed by atoms with Gasteiger partial charge in [-0.15, -0.1) is 0 Å². The second-order valence-electron chi connectivity index (χ2n) is 4.44. The fourth-order valence-electron chi connectivity index (χ4n) is 2.01. The molecule has 0 bridgehead atoms. The fraction of sp³-hybridized carbons (Fsp3) is 0.538. The summed E-state index contributed by atoms with van der Waals surface area (Å²) in [6, 6.07) is 4.85. The van der Waals surface area contributed by atoms with Crippen LogP contribution in [0.5, 0.6) is 0 Å². The molecule has 0 heterocycles. The highest BCUT2D eigenvalue weighted by Crippen LogP contribution is 2.42. The monoisotopic (exact) mass is 241 g/mol. The van der Waals surface area contributed by atoms with Crippen molar-refractivity contribution in [1.29, 1.82) is 0 Å². The Morgan fingerprint density at radius 1 is 1.50 bits per heavy atom. The van der Waals surface area contributed by atoms with Crippen LogP contribution >= 0.6 is 11.6 Å². The maximum absolute atomic E-state index is 13.2. The van der Waals surface area contributed by atoms with Crippen molar-refractivity contribution in [1.82, 2.24) is 5.32 Å². The lowest BCUT2D eigenvalue weighted by molar-refractivity contribution is 0.478. The van der Waals surface area contributed by atoms with E-state index in [-0.39, 0.29) is 11.9 Å². The van der Waals surface area contributed by atoms with E-state index in [4.69, 9.17) is 11.6 Å². The van der Waals surface area contributed by atoms with Gasteiger partial charge in [-0.3, -0.25) is 0 Å². The predicted molar refractivity (Wildman–Crippen MR) is 65.2 cm³/mol. The molecule has 2 rings (SSSR count). The van der Waals surface area contributed by atoms with Gasteiger partial charge in [-0.2, -0.15) is 0 Å². The molecule has 1 saturated carbocycles. The van der Waals surface area contributed by atoms with Gasteiger partial charge in [-0.25, -0.2) is 4.39 Å². The molecule has 1 fully saturated rings. The van der Waals surface area contributed by atoms with Crippen LogP contribution in [-0.4, -0.2) is 6.54 Å². The van der Waals surface area contributed by atoms with E-state index >= 15 is 0 Å². The van der Waals surface area contributed by atoms with E-state index < -0.39 is 0 Å². The zero-order chi connectivity index (χ0) is 11.5. The lowest BCUT2D eigenvalue weighted by Crippen LogP contribution is -2.24. The third-order valence-corrected chi connectivity index (χ3v) is 3.34. The third-order valence-electron chi connectivity index (χ3n) is 3.00. The van der Waals surface area contributed by atoms with Gasteiger partial charge < -0.3 is 5.32 Å². The Kier molecular flexibility index (Phi) is 3.82. The van der Waals surface area contributed by atoms with E-state index in [0.717, 1.165) is 18.5 Å². The van der Waals surface area contributed by atoms with Gasteiger partial charge in [0.1, 0.15) is 5.82 Å². The summed E-state index contributed by atoms with van der Waals surface area (Å²) in [6.07, 6.45) is 3.51. The Bertz CT molecular complexity index is 363. The Morgan fingerprint density at radius 2 is 2.25 bits per heavy atom. The smallest absolute Gasteiger partial charge is 0.123 e. The maximum Gasteiger partial charge on any atom is 0.123 e. The van der Waals surface area contributed by atoms with Gasteiger partial charge >= 0.3 is 0 Å². The second-order valence-corrected chi connectivity index (χ2v) is 4.84. The first-order chi connectivity index (χ1) is 7.72. The molecule has 1 aliphatic rings. The van der Waals surface area contributed by atoms with Crippen molar-refractivity contribution in [2.45, 2.75) is 32.2 Å². The molecular formula is C13H17ClFN. The quantitative estimate of drug-likeness (QED) is 0.824. The summed E-state index contributed by atoms with van der Waals surface area (Å²) >= 11 is 6.14. The van der Waals surface area contributed by atoms with Crippen LogP contribution in [0.1, 0.15) is 37.8 Å². The first-order valence-electron chi connectivity index (χ1n) is 5.90. The van der Waals surface area contributed by atoms with Crippen molar-refractivity contribution in [3.05, 3.63) is 34.6 Å². The summed E-state index contributed by atoms with van der Waals surface area (Å²) in [7, 11) is 0. The summed E-state index contributed by atoms with van der Waals surface area (Å²) in [5.41, 5.74) is 0.914. The van der Waals surface area contributed by atoms with E-state index in [9.17, 15) is 4.39 Å². The second kappa shape index (κ2) is 5.15. The number of rotatable bonds is 5. The van der Waals surface area contributed by atoms with Gasteiger partial charge in [0.15, 0.2) is 0 Å². The molecule has 1 atom stereocenters. The van der Waals surface area contributed by atoms with Crippen LogP contribution in [0.25, 0.3) is 0 Å². The number of hydrogen-bond acceptors (Lipinski definition) is 1. The number of hydrogen-bond donors (Lipinski definition) is 1. The van der Waals surface area contributed by atoms with Gasteiger partial charge in [0.05, 0.1) is 0 Å². The van der Waals surface area contributed by atoms with Crippen molar-refractivity contribution >= 4 is 11.6 Å². The first kappa shape index (κ1) is 11.9. The van der Waals surface area contributed by atoms with Crippen molar-refractivity contribution < 1.29 is 4.39 Å². The van der Waals surface area contributed by atoms with Crippen molar-refractivity contribution in [2.24, 2.45) is 5.92 Å². The molecule has 1 aromatic carbocycles. The van der Waals surface area contributed by atoms with Gasteiger partial charge in [0, 0.05) is 11.1 Å². The van der Waals surface area contributed by atoms with Crippen LogP contribution in [0.2, 0.25) is 5.02 Å². The van der Waals surface area contributed by atoms with Gasteiger partial charge in [-0.05, 0) is 55.5 Å². The molecule has 0 saturated heterocycles.